The molecule has 2 aromatic carbocycles. The third kappa shape index (κ3) is 4.88. The Morgan fingerprint density at radius 1 is 1.12 bits per heavy atom. The number of carbonyl (C=O) groups excluding carboxylic acids is 2. The average Bonchev–Trinajstić information content (AvgIpc) is 2.84. The number of anilines is 2. The summed E-state index contributed by atoms with van der Waals surface area (Å²) in [6.45, 7) is 4.49. The second-order valence-corrected chi connectivity index (χ2v) is 10.2. The number of hydrogen-bond acceptors (Lipinski definition) is 6. The molecule has 2 aliphatic rings. The molecule has 182 valence electrons. The summed E-state index contributed by atoms with van der Waals surface area (Å²) >= 11 is 0. The van der Waals surface area contributed by atoms with E-state index in [4.69, 9.17) is 9.47 Å². The van der Waals surface area contributed by atoms with Gasteiger partial charge in [0, 0.05) is 25.7 Å². The highest BCUT2D eigenvalue weighted by Crippen LogP contribution is 2.34. The van der Waals surface area contributed by atoms with Gasteiger partial charge in [0.2, 0.25) is 15.9 Å². The van der Waals surface area contributed by atoms with Crippen molar-refractivity contribution in [2.24, 2.45) is 0 Å². The lowest BCUT2D eigenvalue weighted by atomic mass is 10.1. The molecule has 2 amide bonds. The fourth-order valence-corrected chi connectivity index (χ4v) is 5.87. The molecule has 1 saturated heterocycles. The molecule has 10 heteroatoms. The summed E-state index contributed by atoms with van der Waals surface area (Å²) < 4.78 is 39.6. The maximum Gasteiger partial charge on any atom is 0.267 e. The maximum absolute atomic E-state index is 13.3. The Hall–Kier alpha value is -3.11. The van der Waals surface area contributed by atoms with E-state index in [0.29, 0.717) is 36.8 Å². The summed E-state index contributed by atoms with van der Waals surface area (Å²) in [4.78, 5) is 26.7. The third-order valence-corrected chi connectivity index (χ3v) is 7.81. The van der Waals surface area contributed by atoms with Crippen LogP contribution in [-0.2, 0) is 19.6 Å². The Labute approximate surface area is 199 Å². The molecule has 0 aromatic heterocycles. The fraction of sp³-hybridized carbons (Fsp3) is 0.417. The van der Waals surface area contributed by atoms with Crippen LogP contribution < -0.4 is 19.7 Å². The van der Waals surface area contributed by atoms with Crippen LogP contribution in [0, 0.1) is 0 Å². The second kappa shape index (κ2) is 10.0. The molecule has 0 saturated carbocycles. The Morgan fingerprint density at radius 3 is 2.56 bits per heavy atom. The van der Waals surface area contributed by atoms with Crippen molar-refractivity contribution in [1.29, 1.82) is 0 Å². The third-order valence-electron chi connectivity index (χ3n) is 5.89. The molecule has 2 aliphatic heterocycles. The van der Waals surface area contributed by atoms with E-state index in [9.17, 15) is 18.0 Å². The second-order valence-electron chi connectivity index (χ2n) is 8.25. The molecule has 1 fully saturated rings. The van der Waals surface area contributed by atoms with E-state index in [1.54, 1.807) is 43.3 Å². The first-order valence-corrected chi connectivity index (χ1v) is 12.9. The lowest BCUT2D eigenvalue weighted by molar-refractivity contribution is -0.123. The van der Waals surface area contributed by atoms with Crippen molar-refractivity contribution in [1.82, 2.24) is 4.31 Å². The molecule has 1 N–H and O–H groups in total. The van der Waals surface area contributed by atoms with Gasteiger partial charge in [-0.1, -0.05) is 18.6 Å². The number of nitrogens with one attached hydrogen (secondary N) is 1. The number of rotatable bonds is 6. The average molecular weight is 488 g/mol. The number of para-hydroxylation sites is 2. The predicted molar refractivity (Wildman–Crippen MR) is 128 cm³/mol. The van der Waals surface area contributed by atoms with E-state index < -0.39 is 22.0 Å². The van der Waals surface area contributed by atoms with Gasteiger partial charge in [-0.3, -0.25) is 9.59 Å². The predicted octanol–water partition coefficient (Wildman–Crippen LogP) is 3.01. The number of amides is 2. The van der Waals surface area contributed by atoms with E-state index in [1.807, 2.05) is 0 Å². The first-order chi connectivity index (χ1) is 16.3. The van der Waals surface area contributed by atoms with Gasteiger partial charge >= 0.3 is 0 Å². The molecule has 0 radical (unpaired) electrons. The zero-order valence-corrected chi connectivity index (χ0v) is 20.1. The summed E-state index contributed by atoms with van der Waals surface area (Å²) in [5.41, 5.74) is 0.913. The standard InChI is InChI=1S/C24H29N3O6S/c1-3-32-21-12-11-18(15-23(21)34(30,31)26-13-7-4-8-14-26)25-24(29)22-16-27(17(2)28)19-9-5-6-10-20(19)33-22/h5-6,9-12,15,22H,3-4,7-8,13-14,16H2,1-2H3,(H,25,29). The molecule has 2 heterocycles. The zero-order valence-electron chi connectivity index (χ0n) is 19.3. The number of fused-ring (bicyclic) bond motifs is 1. The summed E-state index contributed by atoms with van der Waals surface area (Å²) in [6.07, 6.45) is 1.68. The van der Waals surface area contributed by atoms with Gasteiger partial charge in [0.1, 0.15) is 16.4 Å². The summed E-state index contributed by atoms with van der Waals surface area (Å²) in [5.74, 6) is -0.00316. The largest absolute Gasteiger partial charge is 0.492 e. The lowest BCUT2D eigenvalue weighted by Gasteiger charge is -2.33. The first-order valence-electron chi connectivity index (χ1n) is 11.4. The van der Waals surface area contributed by atoms with E-state index in [0.717, 1.165) is 19.3 Å². The Bertz CT molecular complexity index is 1180. The van der Waals surface area contributed by atoms with Crippen LogP contribution in [0.25, 0.3) is 0 Å². The van der Waals surface area contributed by atoms with Gasteiger partial charge in [0.25, 0.3) is 5.91 Å². The minimum atomic E-state index is -3.79. The number of sulfonamides is 1. The van der Waals surface area contributed by atoms with Crippen molar-refractivity contribution in [3.63, 3.8) is 0 Å². The van der Waals surface area contributed by atoms with Crippen LogP contribution in [0.4, 0.5) is 11.4 Å². The van der Waals surface area contributed by atoms with Crippen molar-refractivity contribution >= 4 is 33.2 Å². The number of hydrogen-bond donors (Lipinski definition) is 1. The van der Waals surface area contributed by atoms with E-state index >= 15 is 0 Å². The molecule has 2 aromatic rings. The summed E-state index contributed by atoms with van der Waals surface area (Å²) in [6, 6.07) is 11.6. The van der Waals surface area contributed by atoms with Crippen LogP contribution in [0.1, 0.15) is 33.1 Å². The molecule has 1 atom stereocenters. The highest BCUT2D eigenvalue weighted by Gasteiger charge is 2.33. The number of piperidine rings is 1. The molecule has 0 spiro atoms. The van der Waals surface area contributed by atoms with Gasteiger partial charge in [-0.15, -0.1) is 0 Å². The van der Waals surface area contributed by atoms with Crippen molar-refractivity contribution < 1.29 is 27.5 Å². The highest BCUT2D eigenvalue weighted by atomic mass is 32.2. The molecule has 34 heavy (non-hydrogen) atoms. The van der Waals surface area contributed by atoms with Crippen LogP contribution in [0.3, 0.4) is 0 Å². The SMILES string of the molecule is CCOc1ccc(NC(=O)C2CN(C(C)=O)c3ccccc3O2)cc1S(=O)(=O)N1CCCCC1. The lowest BCUT2D eigenvalue weighted by Crippen LogP contribution is -2.48. The topological polar surface area (TPSA) is 105 Å². The quantitative estimate of drug-likeness (QED) is 0.672. The van der Waals surface area contributed by atoms with Crippen molar-refractivity contribution in [2.75, 3.05) is 36.5 Å². The van der Waals surface area contributed by atoms with Crippen LogP contribution in [0.15, 0.2) is 47.4 Å². The fourth-order valence-electron chi connectivity index (χ4n) is 4.20. The maximum atomic E-state index is 13.3. The summed E-state index contributed by atoms with van der Waals surface area (Å²) in [5, 5.41) is 2.75. The zero-order chi connectivity index (χ0) is 24.3. The number of benzene rings is 2. The van der Waals surface area contributed by atoms with Crippen molar-refractivity contribution in [3.8, 4) is 11.5 Å². The Balaban J connectivity index is 1.59. The Kier molecular flexibility index (Phi) is 7.08. The molecular formula is C24H29N3O6S. The van der Waals surface area contributed by atoms with Crippen LogP contribution in [0.5, 0.6) is 11.5 Å². The summed E-state index contributed by atoms with van der Waals surface area (Å²) in [7, 11) is -3.79. The highest BCUT2D eigenvalue weighted by molar-refractivity contribution is 7.89. The minimum absolute atomic E-state index is 0.0225. The van der Waals surface area contributed by atoms with Crippen LogP contribution in [0.2, 0.25) is 0 Å². The number of ether oxygens (including phenoxy) is 2. The van der Waals surface area contributed by atoms with Gasteiger partial charge < -0.3 is 19.7 Å². The molecule has 4 rings (SSSR count). The van der Waals surface area contributed by atoms with Gasteiger partial charge in [-0.25, -0.2) is 8.42 Å². The molecule has 9 nitrogen and oxygen atoms in total. The number of carbonyl (C=O) groups is 2. The van der Waals surface area contributed by atoms with E-state index in [-0.39, 0.29) is 23.1 Å². The van der Waals surface area contributed by atoms with Gasteiger partial charge in [0.05, 0.1) is 18.8 Å². The molecular weight excluding hydrogens is 458 g/mol. The molecule has 0 bridgehead atoms. The number of nitrogens with zero attached hydrogens (tertiary/aromatic N) is 2. The van der Waals surface area contributed by atoms with Gasteiger partial charge in [-0.05, 0) is 50.1 Å². The monoisotopic (exact) mass is 487 g/mol. The Morgan fingerprint density at radius 2 is 1.85 bits per heavy atom. The van der Waals surface area contributed by atoms with E-state index in [1.165, 1.54) is 22.2 Å². The van der Waals surface area contributed by atoms with E-state index in [2.05, 4.69) is 5.32 Å². The van der Waals surface area contributed by atoms with Gasteiger partial charge in [-0.2, -0.15) is 4.31 Å². The van der Waals surface area contributed by atoms with Crippen molar-refractivity contribution in [3.05, 3.63) is 42.5 Å². The minimum Gasteiger partial charge on any atom is -0.492 e. The van der Waals surface area contributed by atoms with Crippen LogP contribution in [-0.4, -0.2) is 56.9 Å². The molecule has 0 aliphatic carbocycles. The normalized spacial score (nSPS) is 18.5. The molecule has 1 unspecified atom stereocenters. The van der Waals surface area contributed by atoms with Crippen LogP contribution >= 0.6 is 0 Å². The smallest absolute Gasteiger partial charge is 0.267 e. The first kappa shape index (κ1) is 24.0. The van der Waals surface area contributed by atoms with Gasteiger partial charge in [0.15, 0.2) is 6.10 Å². The van der Waals surface area contributed by atoms with Crippen molar-refractivity contribution in [2.45, 2.75) is 44.1 Å².